The van der Waals surface area contributed by atoms with Gasteiger partial charge in [0.2, 0.25) is 11.7 Å². The smallest absolute Gasteiger partial charge is 0.243 e. The molecule has 5 heteroatoms. The van der Waals surface area contributed by atoms with Crippen LogP contribution in [0.15, 0.2) is 12.4 Å². The second-order valence-corrected chi connectivity index (χ2v) is 4.76. The lowest BCUT2D eigenvalue weighted by molar-refractivity contribution is 0.0189. The van der Waals surface area contributed by atoms with Gasteiger partial charge in [0, 0.05) is 19.5 Å². The van der Waals surface area contributed by atoms with E-state index in [0.29, 0.717) is 0 Å². The molecule has 0 amide bonds. The minimum Gasteiger partial charge on any atom is -0.479 e. The molecule has 17 heavy (non-hydrogen) atoms. The van der Waals surface area contributed by atoms with Crippen LogP contribution in [0.25, 0.3) is 0 Å². The zero-order valence-electron chi connectivity index (χ0n) is 10.9. The van der Waals surface area contributed by atoms with Crippen LogP contribution in [0.1, 0.15) is 31.3 Å². The van der Waals surface area contributed by atoms with Crippen LogP contribution in [-0.4, -0.2) is 36.1 Å². The van der Waals surface area contributed by atoms with E-state index in [2.05, 4.69) is 9.97 Å². The number of aromatic nitrogens is 2. The Hall–Kier alpha value is -1.49. The van der Waals surface area contributed by atoms with Gasteiger partial charge in [-0.25, -0.2) is 9.97 Å². The van der Waals surface area contributed by atoms with Gasteiger partial charge in [0.15, 0.2) is 5.69 Å². The maximum atomic E-state index is 12.3. The van der Waals surface area contributed by atoms with Gasteiger partial charge in [0.05, 0.1) is 7.11 Å². The number of carbonyl (C=O) groups excluding carboxylic acids is 1. The topological polar surface area (TPSA) is 61.3 Å². The highest BCUT2D eigenvalue weighted by Gasteiger charge is 2.34. The lowest BCUT2D eigenvalue weighted by Crippen LogP contribution is -2.36. The fraction of sp³-hybridized carbons (Fsp3) is 0.583. The second kappa shape index (κ2) is 5.23. The molecule has 0 saturated carbocycles. The van der Waals surface area contributed by atoms with Crippen molar-refractivity contribution < 1.29 is 14.3 Å². The maximum absolute atomic E-state index is 12.3. The number of nitrogens with zero attached hydrogens (tertiary/aromatic N) is 2. The van der Waals surface area contributed by atoms with Crippen LogP contribution in [0.5, 0.6) is 5.88 Å². The van der Waals surface area contributed by atoms with Gasteiger partial charge < -0.3 is 9.47 Å². The van der Waals surface area contributed by atoms with Crippen molar-refractivity contribution in [2.45, 2.75) is 26.9 Å². The number of carbonyl (C=O) groups is 1. The number of ether oxygens (including phenoxy) is 2. The number of methoxy groups -OCH3 is 2. The van der Waals surface area contributed by atoms with E-state index in [4.69, 9.17) is 9.47 Å². The minimum absolute atomic E-state index is 0.205. The zero-order chi connectivity index (χ0) is 13.1. The molecule has 1 aromatic rings. The summed E-state index contributed by atoms with van der Waals surface area (Å²) in [5, 5.41) is 0. The molecular formula is C12H18N2O3. The third kappa shape index (κ3) is 3.00. The van der Waals surface area contributed by atoms with Crippen molar-refractivity contribution in [1.29, 1.82) is 0 Å². The van der Waals surface area contributed by atoms with Crippen molar-refractivity contribution in [3.8, 4) is 5.88 Å². The molecule has 0 fully saturated rings. The molecule has 5 nitrogen and oxygen atoms in total. The van der Waals surface area contributed by atoms with Crippen molar-refractivity contribution in [2.24, 2.45) is 5.41 Å². The van der Waals surface area contributed by atoms with E-state index in [0.717, 1.165) is 0 Å². The lowest BCUT2D eigenvalue weighted by Gasteiger charge is -2.27. The quantitative estimate of drug-likeness (QED) is 0.747. The van der Waals surface area contributed by atoms with E-state index in [1.54, 1.807) is 0 Å². The van der Waals surface area contributed by atoms with E-state index in [-0.39, 0.29) is 22.8 Å². The second-order valence-electron chi connectivity index (χ2n) is 4.76. The highest BCUT2D eigenvalue weighted by Crippen LogP contribution is 2.26. The molecule has 0 aliphatic heterocycles. The Morgan fingerprint density at radius 2 is 1.82 bits per heavy atom. The summed E-state index contributed by atoms with van der Waals surface area (Å²) in [6, 6.07) is 0. The van der Waals surface area contributed by atoms with Gasteiger partial charge in [-0.15, -0.1) is 0 Å². The summed E-state index contributed by atoms with van der Waals surface area (Å²) in [5.41, 5.74) is -0.106. The summed E-state index contributed by atoms with van der Waals surface area (Å²) >= 11 is 0. The average Bonchev–Trinajstić information content (AvgIpc) is 2.27. The van der Waals surface area contributed by atoms with E-state index in [1.807, 2.05) is 20.8 Å². The molecule has 1 atom stereocenters. The lowest BCUT2D eigenvalue weighted by atomic mass is 9.85. The summed E-state index contributed by atoms with van der Waals surface area (Å²) in [4.78, 5) is 20.3. The van der Waals surface area contributed by atoms with Crippen LogP contribution in [0.2, 0.25) is 0 Å². The predicted octanol–water partition coefficient (Wildman–Crippen LogP) is 1.73. The molecule has 0 aromatic carbocycles. The van der Waals surface area contributed by atoms with E-state index >= 15 is 0 Å². The molecule has 0 N–H and O–H groups in total. The molecule has 0 radical (unpaired) electrons. The van der Waals surface area contributed by atoms with Crippen LogP contribution in [0.3, 0.4) is 0 Å². The van der Waals surface area contributed by atoms with Gasteiger partial charge in [0.25, 0.3) is 0 Å². The van der Waals surface area contributed by atoms with Gasteiger partial charge in [-0.2, -0.15) is 0 Å². The summed E-state index contributed by atoms with van der Waals surface area (Å²) < 4.78 is 10.3. The van der Waals surface area contributed by atoms with Crippen LogP contribution in [-0.2, 0) is 4.74 Å². The molecule has 1 rings (SSSR count). The Balaban J connectivity index is 3.11. The first-order valence-corrected chi connectivity index (χ1v) is 5.33. The third-order valence-corrected chi connectivity index (χ3v) is 2.35. The standard InChI is InChI=1S/C12H18N2O3/c1-12(2,3)10(16-4)9(15)8-11(17-5)14-7-6-13-8/h6-7,10H,1-5H3. The molecule has 0 saturated heterocycles. The predicted molar refractivity (Wildman–Crippen MR) is 63.2 cm³/mol. The van der Waals surface area contributed by atoms with Crippen molar-refractivity contribution in [1.82, 2.24) is 9.97 Å². The van der Waals surface area contributed by atoms with Crippen molar-refractivity contribution in [2.75, 3.05) is 14.2 Å². The average molecular weight is 238 g/mol. The first kappa shape index (κ1) is 13.6. The van der Waals surface area contributed by atoms with Gasteiger partial charge >= 0.3 is 0 Å². The number of Topliss-reactive ketones (excluding diaryl/α,β-unsaturated/α-hetero) is 1. The maximum Gasteiger partial charge on any atom is 0.243 e. The monoisotopic (exact) mass is 238 g/mol. The number of hydrogen-bond donors (Lipinski definition) is 0. The molecular weight excluding hydrogens is 220 g/mol. The Labute approximate surface area is 101 Å². The normalized spacial score (nSPS) is 13.2. The third-order valence-electron chi connectivity index (χ3n) is 2.35. The molecule has 94 valence electrons. The molecule has 0 bridgehead atoms. The summed E-state index contributed by atoms with van der Waals surface area (Å²) in [6.45, 7) is 5.80. The first-order valence-electron chi connectivity index (χ1n) is 5.33. The molecule has 1 unspecified atom stereocenters. The molecule has 1 aromatic heterocycles. The largest absolute Gasteiger partial charge is 0.479 e. The van der Waals surface area contributed by atoms with E-state index < -0.39 is 6.10 Å². The van der Waals surface area contributed by atoms with Crippen LogP contribution < -0.4 is 4.74 Å². The van der Waals surface area contributed by atoms with Gasteiger partial charge in [-0.3, -0.25) is 4.79 Å². The number of rotatable bonds is 4. The van der Waals surface area contributed by atoms with Crippen LogP contribution in [0, 0.1) is 5.41 Å². The van der Waals surface area contributed by atoms with Crippen molar-refractivity contribution >= 4 is 5.78 Å². The fourth-order valence-corrected chi connectivity index (χ4v) is 1.62. The van der Waals surface area contributed by atoms with Gasteiger partial charge in [-0.05, 0) is 5.41 Å². The number of ketones is 1. The summed E-state index contributed by atoms with van der Waals surface area (Å²) in [6.07, 6.45) is 2.37. The van der Waals surface area contributed by atoms with Crippen LogP contribution >= 0.6 is 0 Å². The Morgan fingerprint density at radius 3 is 2.29 bits per heavy atom. The Morgan fingerprint density at radius 1 is 1.24 bits per heavy atom. The van der Waals surface area contributed by atoms with Gasteiger partial charge in [0.1, 0.15) is 6.10 Å². The van der Waals surface area contributed by atoms with Crippen molar-refractivity contribution in [3.63, 3.8) is 0 Å². The molecule has 0 aliphatic rings. The van der Waals surface area contributed by atoms with Crippen LogP contribution in [0.4, 0.5) is 0 Å². The highest BCUT2D eigenvalue weighted by molar-refractivity contribution is 6.00. The minimum atomic E-state index is -0.576. The molecule has 1 heterocycles. The highest BCUT2D eigenvalue weighted by atomic mass is 16.5. The summed E-state index contributed by atoms with van der Waals surface area (Å²) in [5.74, 6) is 0.00810. The Kier molecular flexibility index (Phi) is 4.17. The fourth-order valence-electron chi connectivity index (χ4n) is 1.62. The van der Waals surface area contributed by atoms with E-state index in [1.165, 1.54) is 26.6 Å². The van der Waals surface area contributed by atoms with E-state index in [9.17, 15) is 4.79 Å². The summed E-state index contributed by atoms with van der Waals surface area (Å²) in [7, 11) is 2.97. The number of hydrogen-bond acceptors (Lipinski definition) is 5. The SMILES string of the molecule is COc1nccnc1C(=O)C(OC)C(C)(C)C. The molecule has 0 aliphatic carbocycles. The Bertz CT molecular complexity index is 399. The zero-order valence-corrected chi connectivity index (χ0v) is 10.9. The molecule has 0 spiro atoms. The first-order chi connectivity index (χ1) is 7.91. The van der Waals surface area contributed by atoms with Crippen molar-refractivity contribution in [3.05, 3.63) is 18.1 Å². The van der Waals surface area contributed by atoms with Gasteiger partial charge in [-0.1, -0.05) is 20.8 Å².